The Morgan fingerprint density at radius 1 is 1.13 bits per heavy atom. The summed E-state index contributed by atoms with van der Waals surface area (Å²) in [5.41, 5.74) is -0.375. The zero-order valence-electron chi connectivity index (χ0n) is 10.1. The summed E-state index contributed by atoms with van der Waals surface area (Å²) in [5.74, 6) is -0.833. The fourth-order valence-electron chi connectivity index (χ4n) is 0.548. The maximum absolute atomic E-state index is 9.00. The average molecular weight is 308 g/mol. The molecule has 1 fully saturated rings. The summed E-state index contributed by atoms with van der Waals surface area (Å²) in [6.07, 6.45) is 0. The van der Waals surface area contributed by atoms with E-state index in [0.717, 1.165) is 6.92 Å². The summed E-state index contributed by atoms with van der Waals surface area (Å²) in [5, 5.41) is 7.42. The van der Waals surface area contributed by atoms with Gasteiger partial charge >= 0.3 is 7.69 Å². The van der Waals surface area contributed by atoms with Crippen LogP contribution in [0.2, 0.25) is 0 Å². The van der Waals surface area contributed by atoms with Crippen LogP contribution in [0.3, 0.4) is 0 Å². The molecule has 1 N–H and O–H groups in total. The van der Waals surface area contributed by atoms with E-state index in [4.69, 9.17) is 19.2 Å². The summed E-state index contributed by atoms with van der Waals surface area (Å²) in [7, 11) is 1.42. The molecule has 1 aliphatic rings. The third-order valence-electron chi connectivity index (χ3n) is 2.14. The summed E-state index contributed by atoms with van der Waals surface area (Å²) in [4.78, 5) is 9.00. The minimum atomic E-state index is -0.833. The van der Waals surface area contributed by atoms with E-state index in [2.05, 4.69) is 0 Å². The first-order chi connectivity index (χ1) is 5.69. The Morgan fingerprint density at radius 2 is 1.33 bits per heavy atom. The van der Waals surface area contributed by atoms with Gasteiger partial charge in [0.05, 0.1) is 11.2 Å². The molecule has 0 aromatic rings. The second-order valence-electron chi connectivity index (χ2n) is 3.87. The molecule has 0 aromatic carbocycles. The van der Waals surface area contributed by atoms with Crippen molar-refractivity contribution in [3.63, 3.8) is 0 Å². The van der Waals surface area contributed by atoms with Crippen molar-refractivity contribution in [2.45, 2.75) is 45.8 Å². The van der Waals surface area contributed by atoms with Crippen molar-refractivity contribution in [2.24, 2.45) is 0 Å². The molecule has 6 heteroatoms. The van der Waals surface area contributed by atoms with Crippen LogP contribution in [-0.2, 0) is 34.5 Å². The van der Waals surface area contributed by atoms with Gasteiger partial charge < -0.3 is 21.8 Å². The van der Waals surface area contributed by atoms with Crippen LogP contribution in [0.1, 0.15) is 34.6 Å². The maximum atomic E-state index is 9.00. The molecule has 0 aromatic heterocycles. The first-order valence-corrected chi connectivity index (χ1v) is 4.06. The maximum Gasteiger partial charge on any atom is 0.488 e. The predicted molar refractivity (Wildman–Crippen MR) is 55.8 cm³/mol. The summed E-state index contributed by atoms with van der Waals surface area (Å²) >= 11 is 0. The number of aliphatic carboxylic acids is 1. The number of carboxylic acids is 1. The van der Waals surface area contributed by atoms with Crippen LogP contribution in [0.25, 0.3) is 0 Å². The van der Waals surface area contributed by atoms with Crippen LogP contribution in [0.5, 0.6) is 0 Å². The van der Waals surface area contributed by atoms with Crippen LogP contribution >= 0.6 is 0 Å². The normalized spacial score (nSPS) is 19.5. The molecule has 4 nitrogen and oxygen atoms in total. The van der Waals surface area contributed by atoms with E-state index in [-0.39, 0.29) is 39.1 Å². The molecule has 1 aliphatic heterocycles. The molecule has 0 unspecified atom stereocenters. The van der Waals surface area contributed by atoms with Crippen molar-refractivity contribution in [1.82, 2.24) is 0 Å². The van der Waals surface area contributed by atoms with E-state index in [9.17, 15) is 0 Å². The van der Waals surface area contributed by atoms with Gasteiger partial charge in [0, 0.05) is 27.3 Å². The van der Waals surface area contributed by atoms with Crippen molar-refractivity contribution in [2.75, 3.05) is 0 Å². The van der Waals surface area contributed by atoms with Crippen LogP contribution in [0.15, 0.2) is 0 Å². The number of rotatable bonds is 0. The molecule has 1 saturated heterocycles. The number of hydrogen-bond donors (Lipinski definition) is 1. The van der Waals surface area contributed by atoms with Crippen molar-refractivity contribution in [1.29, 1.82) is 0 Å². The smallest absolute Gasteiger partial charge is 0.481 e. The first-order valence-electron chi connectivity index (χ1n) is 4.06. The standard InChI is InChI=1S/C6H12BO2.C2H4O2.CH3.Pd/c1-5(2)6(3,4)9-7-8-5;1-2(3)4;;/h1-4H3;1H3,(H,3,4);1H3;/q;;-1;. The van der Waals surface area contributed by atoms with Gasteiger partial charge in [-0.05, 0) is 27.7 Å². The zero-order valence-corrected chi connectivity index (χ0v) is 11.6. The first kappa shape index (κ1) is 20.5. The van der Waals surface area contributed by atoms with Crippen molar-refractivity contribution >= 4 is 13.7 Å². The largest absolute Gasteiger partial charge is 0.488 e. The molecular formula is C9H19BO4Pd-. The molecule has 1 radical (unpaired) electrons. The third kappa shape index (κ3) is 7.07. The average Bonchev–Trinajstić information content (AvgIpc) is 2.04. The van der Waals surface area contributed by atoms with E-state index in [1.807, 2.05) is 27.7 Å². The van der Waals surface area contributed by atoms with E-state index in [1.54, 1.807) is 0 Å². The van der Waals surface area contributed by atoms with Crippen molar-refractivity contribution < 1.29 is 39.6 Å². The molecule has 0 saturated carbocycles. The Hall–Kier alpha value is 0.117. The van der Waals surface area contributed by atoms with E-state index in [0.29, 0.717) is 0 Å². The minimum Gasteiger partial charge on any atom is -0.481 e. The van der Waals surface area contributed by atoms with Crippen molar-refractivity contribution in [3.05, 3.63) is 7.43 Å². The quantitative estimate of drug-likeness (QED) is 0.546. The molecule has 0 amide bonds. The fourth-order valence-corrected chi connectivity index (χ4v) is 0.548. The van der Waals surface area contributed by atoms with Gasteiger partial charge in [0.1, 0.15) is 0 Å². The van der Waals surface area contributed by atoms with E-state index < -0.39 is 5.97 Å². The van der Waals surface area contributed by atoms with Crippen LogP contribution in [-0.4, -0.2) is 30.0 Å². The third-order valence-corrected chi connectivity index (χ3v) is 2.14. The van der Waals surface area contributed by atoms with E-state index in [1.165, 1.54) is 7.69 Å². The van der Waals surface area contributed by atoms with E-state index >= 15 is 0 Å². The molecule has 0 bridgehead atoms. The Labute approximate surface area is 107 Å². The molecule has 1 rings (SSSR count). The fraction of sp³-hybridized carbons (Fsp3) is 0.778. The van der Waals surface area contributed by atoms with Gasteiger partial charge in [0.2, 0.25) is 0 Å². The molecule has 1 heterocycles. The van der Waals surface area contributed by atoms with Gasteiger partial charge in [-0.2, -0.15) is 0 Å². The van der Waals surface area contributed by atoms with Crippen LogP contribution < -0.4 is 0 Å². The molecular weight excluding hydrogens is 289 g/mol. The van der Waals surface area contributed by atoms with Gasteiger partial charge in [0.15, 0.2) is 0 Å². The number of carbonyl (C=O) groups is 1. The zero-order chi connectivity index (χ0) is 10.7. The molecule has 0 spiro atoms. The molecule has 15 heavy (non-hydrogen) atoms. The van der Waals surface area contributed by atoms with Gasteiger partial charge in [0.25, 0.3) is 5.97 Å². The van der Waals surface area contributed by atoms with Crippen LogP contribution in [0, 0.1) is 7.43 Å². The Morgan fingerprint density at radius 3 is 1.40 bits per heavy atom. The Balaban J connectivity index is -0.000000213. The second-order valence-corrected chi connectivity index (χ2v) is 3.87. The summed E-state index contributed by atoms with van der Waals surface area (Å²) in [6, 6.07) is 0. The topological polar surface area (TPSA) is 55.8 Å². The summed E-state index contributed by atoms with van der Waals surface area (Å²) < 4.78 is 10.4. The summed E-state index contributed by atoms with van der Waals surface area (Å²) in [6.45, 7) is 9.12. The number of hydrogen-bond acceptors (Lipinski definition) is 3. The van der Waals surface area contributed by atoms with Gasteiger partial charge in [-0.1, -0.05) is 0 Å². The molecule has 0 atom stereocenters. The van der Waals surface area contributed by atoms with Gasteiger partial charge in [-0.15, -0.1) is 0 Å². The Bertz CT molecular complexity index is 177. The second kappa shape index (κ2) is 7.40. The number of carboxylic acid groups (broad SMARTS) is 1. The molecule has 0 aliphatic carbocycles. The molecule has 93 valence electrons. The van der Waals surface area contributed by atoms with Crippen molar-refractivity contribution in [3.8, 4) is 0 Å². The SMILES string of the molecule is CC(=O)O.CC1(C)O[B]OC1(C)C.[CH3-].[Pd]. The monoisotopic (exact) mass is 308 g/mol. The van der Waals surface area contributed by atoms with Gasteiger partial charge in [-0.25, -0.2) is 0 Å². The predicted octanol–water partition coefficient (Wildman–Crippen LogP) is 1.66. The Kier molecular flexibility index (Phi) is 10.1. The minimum absolute atomic E-state index is 0. The van der Waals surface area contributed by atoms with Crippen LogP contribution in [0.4, 0.5) is 0 Å². The van der Waals surface area contributed by atoms with Gasteiger partial charge in [-0.3, -0.25) is 4.79 Å².